The molecule has 0 saturated carbocycles. The smallest absolute Gasteiger partial charge is 0.378 e. The minimum atomic E-state index is -4.72. The average molecular weight is 574 g/mol. The lowest BCUT2D eigenvalue weighted by molar-refractivity contribution is -0.137. The Morgan fingerprint density at radius 2 is 1.65 bits per heavy atom. The van der Waals surface area contributed by atoms with E-state index >= 15 is 0 Å². The number of aromatic nitrogens is 2. The normalized spacial score (nSPS) is 13.8. The van der Waals surface area contributed by atoms with Gasteiger partial charge in [-0.05, 0) is 54.6 Å². The van der Waals surface area contributed by atoms with E-state index in [1.165, 1.54) is 18.2 Å². The molecule has 0 aliphatic carbocycles. The van der Waals surface area contributed by atoms with E-state index in [1.54, 1.807) is 18.3 Å². The first-order chi connectivity index (χ1) is 19.1. The third-order valence-electron chi connectivity index (χ3n) is 6.07. The van der Waals surface area contributed by atoms with E-state index in [9.17, 15) is 27.2 Å². The minimum Gasteiger partial charge on any atom is -0.378 e. The molecule has 8 nitrogen and oxygen atoms in total. The summed E-state index contributed by atoms with van der Waals surface area (Å²) in [5, 5.41) is 4.04. The van der Waals surface area contributed by atoms with Crippen molar-refractivity contribution in [1.29, 1.82) is 0 Å². The van der Waals surface area contributed by atoms with E-state index < -0.39 is 34.4 Å². The van der Waals surface area contributed by atoms with Gasteiger partial charge in [-0.15, -0.1) is 0 Å². The van der Waals surface area contributed by atoms with Crippen LogP contribution in [0.25, 0.3) is 11.0 Å². The zero-order valence-electron chi connectivity index (χ0n) is 20.6. The second-order valence-corrected chi connectivity index (χ2v) is 9.27. The van der Waals surface area contributed by atoms with Crippen molar-refractivity contribution in [2.45, 2.75) is 6.18 Å². The topological polar surface area (TPSA) is 96.5 Å². The molecule has 1 aliphatic rings. The molecule has 1 aromatic heterocycles. The molecule has 206 valence electrons. The van der Waals surface area contributed by atoms with Crippen LogP contribution in [0, 0.1) is 5.82 Å². The fraction of sp³-hybridized carbons (Fsp3) is 0.185. The first kappa shape index (κ1) is 27.3. The molecule has 5 rings (SSSR count). The third-order valence-corrected chi connectivity index (χ3v) is 6.40. The number of carbonyl (C=O) groups is 2. The first-order valence-corrected chi connectivity index (χ1v) is 12.3. The van der Waals surface area contributed by atoms with Crippen molar-refractivity contribution >= 4 is 51.6 Å². The molecule has 1 aliphatic heterocycles. The number of fused-ring (bicyclic) bond motifs is 1. The molecule has 13 heteroatoms. The van der Waals surface area contributed by atoms with Gasteiger partial charge in [-0.25, -0.2) is 14.2 Å². The van der Waals surface area contributed by atoms with Gasteiger partial charge in [-0.3, -0.25) is 9.78 Å². The Morgan fingerprint density at radius 1 is 0.900 bits per heavy atom. The summed E-state index contributed by atoms with van der Waals surface area (Å²) < 4.78 is 59.1. The summed E-state index contributed by atoms with van der Waals surface area (Å²) in [4.78, 5) is 36.7. The van der Waals surface area contributed by atoms with E-state index in [2.05, 4.69) is 20.6 Å². The van der Waals surface area contributed by atoms with Gasteiger partial charge in [0.05, 0.1) is 41.0 Å². The molecular weight excluding hydrogens is 554 g/mol. The van der Waals surface area contributed by atoms with E-state index in [4.69, 9.17) is 16.3 Å². The van der Waals surface area contributed by atoms with Crippen LogP contribution in [0.5, 0.6) is 0 Å². The molecule has 1 saturated heterocycles. The number of amides is 2. The fourth-order valence-corrected chi connectivity index (χ4v) is 4.39. The highest BCUT2D eigenvalue weighted by Crippen LogP contribution is 2.36. The van der Waals surface area contributed by atoms with Gasteiger partial charge in [0.2, 0.25) is 0 Å². The van der Waals surface area contributed by atoms with Crippen LogP contribution in [-0.4, -0.2) is 48.1 Å². The molecule has 1 fully saturated rings. The Hall–Kier alpha value is -4.29. The van der Waals surface area contributed by atoms with E-state index in [0.29, 0.717) is 49.2 Å². The monoisotopic (exact) mass is 573 g/mol. The Labute approximate surface area is 229 Å². The largest absolute Gasteiger partial charge is 0.417 e. The molecule has 0 spiro atoms. The number of hydrogen-bond donors (Lipinski definition) is 2. The average Bonchev–Trinajstić information content (AvgIpc) is 2.92. The van der Waals surface area contributed by atoms with Crippen molar-refractivity contribution < 1.29 is 31.9 Å². The number of ketones is 1. The Kier molecular flexibility index (Phi) is 7.55. The Bertz CT molecular complexity index is 1610. The van der Waals surface area contributed by atoms with E-state index in [-0.39, 0.29) is 22.5 Å². The summed E-state index contributed by atoms with van der Waals surface area (Å²) in [6.45, 7) is 2.46. The highest BCUT2D eigenvalue weighted by Gasteiger charge is 2.33. The van der Waals surface area contributed by atoms with Gasteiger partial charge in [0.1, 0.15) is 11.6 Å². The number of nitrogens with zero attached hydrogens (tertiary/aromatic N) is 3. The number of benzene rings is 3. The molecular formula is C27H20ClF4N5O3. The number of urea groups is 1. The Balaban J connectivity index is 1.34. The molecule has 3 aromatic carbocycles. The third kappa shape index (κ3) is 6.13. The molecule has 2 N–H and O–H groups in total. The molecule has 40 heavy (non-hydrogen) atoms. The SMILES string of the molecule is O=C(Nc1cc(F)cc(C(=O)c2ccc3ncc(N4CCOCC4)nc3c2)c1)Nc1ccc(Cl)c(C(F)(F)F)c1. The van der Waals surface area contributed by atoms with Crippen molar-refractivity contribution in [3.63, 3.8) is 0 Å². The lowest BCUT2D eigenvalue weighted by atomic mass is 10.0. The van der Waals surface area contributed by atoms with Gasteiger partial charge >= 0.3 is 12.2 Å². The van der Waals surface area contributed by atoms with Crippen molar-refractivity contribution in [2.75, 3.05) is 41.8 Å². The quantitative estimate of drug-likeness (QED) is 0.219. The van der Waals surface area contributed by atoms with Crippen LogP contribution in [0.3, 0.4) is 0 Å². The summed E-state index contributed by atoms with van der Waals surface area (Å²) in [5.74, 6) is -0.690. The second kappa shape index (κ2) is 11.1. The van der Waals surface area contributed by atoms with Gasteiger partial charge in [-0.1, -0.05) is 11.6 Å². The van der Waals surface area contributed by atoms with Crippen LogP contribution < -0.4 is 15.5 Å². The number of halogens is 5. The fourth-order valence-electron chi connectivity index (χ4n) is 4.16. The molecule has 4 aromatic rings. The van der Waals surface area contributed by atoms with Gasteiger partial charge in [0, 0.05) is 35.6 Å². The minimum absolute atomic E-state index is 0.0576. The lowest BCUT2D eigenvalue weighted by Gasteiger charge is -2.27. The summed E-state index contributed by atoms with van der Waals surface area (Å²) >= 11 is 5.60. The van der Waals surface area contributed by atoms with Gasteiger partial charge in [-0.2, -0.15) is 13.2 Å². The van der Waals surface area contributed by atoms with Crippen LogP contribution in [0.1, 0.15) is 21.5 Å². The number of alkyl halides is 3. The van der Waals surface area contributed by atoms with Crippen LogP contribution in [0.4, 0.5) is 39.5 Å². The first-order valence-electron chi connectivity index (χ1n) is 12.0. The zero-order valence-corrected chi connectivity index (χ0v) is 21.3. The number of morpholine rings is 1. The zero-order chi connectivity index (χ0) is 28.4. The van der Waals surface area contributed by atoms with Crippen molar-refractivity contribution in [3.05, 3.63) is 88.3 Å². The maximum Gasteiger partial charge on any atom is 0.417 e. The van der Waals surface area contributed by atoms with Crippen LogP contribution >= 0.6 is 11.6 Å². The van der Waals surface area contributed by atoms with Gasteiger partial charge in [0.15, 0.2) is 5.78 Å². The van der Waals surface area contributed by atoms with E-state index in [1.807, 2.05) is 4.90 Å². The predicted molar refractivity (Wildman–Crippen MR) is 141 cm³/mol. The van der Waals surface area contributed by atoms with Crippen LogP contribution in [-0.2, 0) is 10.9 Å². The summed E-state index contributed by atoms with van der Waals surface area (Å²) in [7, 11) is 0. The second-order valence-electron chi connectivity index (χ2n) is 8.86. The number of rotatable bonds is 5. The summed E-state index contributed by atoms with van der Waals surface area (Å²) in [6, 6.07) is 9.88. The van der Waals surface area contributed by atoms with Crippen molar-refractivity contribution in [3.8, 4) is 0 Å². The van der Waals surface area contributed by atoms with Crippen molar-refractivity contribution in [1.82, 2.24) is 9.97 Å². The lowest BCUT2D eigenvalue weighted by Crippen LogP contribution is -2.36. The standard InChI is InChI=1S/C27H20ClF4N5O3/c28-21-3-2-18(13-20(21)27(30,31)32)34-26(39)35-19-10-16(9-17(29)12-19)25(38)15-1-4-22-23(11-15)36-24(14-33-22)37-5-7-40-8-6-37/h1-4,9-14H,5-8H2,(H2,34,35,39). The number of hydrogen-bond acceptors (Lipinski definition) is 6. The molecule has 0 unspecified atom stereocenters. The summed E-state index contributed by atoms with van der Waals surface area (Å²) in [5.41, 5.74) is -0.173. The predicted octanol–water partition coefficient (Wildman–Crippen LogP) is 6.15. The summed E-state index contributed by atoms with van der Waals surface area (Å²) in [6.07, 6.45) is -3.07. The highest BCUT2D eigenvalue weighted by atomic mass is 35.5. The number of nitrogens with one attached hydrogen (secondary N) is 2. The van der Waals surface area contributed by atoms with Gasteiger partial charge in [0.25, 0.3) is 0 Å². The number of anilines is 3. The van der Waals surface area contributed by atoms with E-state index in [0.717, 1.165) is 18.2 Å². The highest BCUT2D eigenvalue weighted by molar-refractivity contribution is 6.31. The van der Waals surface area contributed by atoms with Crippen molar-refractivity contribution in [2.24, 2.45) is 0 Å². The van der Waals surface area contributed by atoms with Crippen LogP contribution in [0.15, 0.2) is 60.8 Å². The molecule has 0 atom stereocenters. The number of carbonyl (C=O) groups excluding carboxylic acids is 2. The molecule has 0 bridgehead atoms. The maximum absolute atomic E-state index is 14.4. The maximum atomic E-state index is 14.4. The number of ether oxygens (including phenoxy) is 1. The molecule has 0 radical (unpaired) electrons. The van der Waals surface area contributed by atoms with Crippen LogP contribution in [0.2, 0.25) is 5.02 Å². The Morgan fingerprint density at radius 3 is 2.40 bits per heavy atom. The van der Waals surface area contributed by atoms with Gasteiger partial charge < -0.3 is 20.3 Å². The molecule has 2 amide bonds. The molecule has 2 heterocycles.